The molecule has 0 amide bonds. The van der Waals surface area contributed by atoms with Gasteiger partial charge in [-0.15, -0.1) is 0 Å². The van der Waals surface area contributed by atoms with Gasteiger partial charge in [-0.25, -0.2) is 9.97 Å². The van der Waals surface area contributed by atoms with E-state index in [4.69, 9.17) is 0 Å². The van der Waals surface area contributed by atoms with Gasteiger partial charge in [0.1, 0.15) is 17.5 Å². The number of aryl methyl sites for hydroxylation is 1. The molecule has 0 saturated carbocycles. The van der Waals surface area contributed by atoms with Gasteiger partial charge >= 0.3 is 0 Å². The Morgan fingerprint density at radius 3 is 2.89 bits per heavy atom. The van der Waals surface area contributed by atoms with Crippen molar-refractivity contribution in [2.45, 2.75) is 40.5 Å². The van der Waals surface area contributed by atoms with Gasteiger partial charge in [-0.3, -0.25) is 0 Å². The van der Waals surface area contributed by atoms with Crippen LogP contribution < -0.4 is 10.2 Å². The van der Waals surface area contributed by atoms with E-state index in [0.29, 0.717) is 5.92 Å². The SMILES string of the molecule is Cc1nc(NCC(C)C)cc(N2CCCC(C)C2)n1. The quantitative estimate of drug-likeness (QED) is 0.905. The van der Waals surface area contributed by atoms with E-state index in [1.54, 1.807) is 0 Å². The Labute approximate surface area is 116 Å². The van der Waals surface area contributed by atoms with Crippen LogP contribution in [0.15, 0.2) is 6.07 Å². The Hall–Kier alpha value is -1.32. The minimum Gasteiger partial charge on any atom is -0.370 e. The first-order valence-corrected chi connectivity index (χ1v) is 7.39. The first-order chi connectivity index (χ1) is 9.04. The third kappa shape index (κ3) is 4.08. The molecule has 0 aliphatic carbocycles. The summed E-state index contributed by atoms with van der Waals surface area (Å²) in [6.07, 6.45) is 2.60. The highest BCUT2D eigenvalue weighted by Gasteiger charge is 2.18. The summed E-state index contributed by atoms with van der Waals surface area (Å²) in [6.45, 7) is 11.9. The molecule has 1 atom stereocenters. The van der Waals surface area contributed by atoms with Crippen LogP contribution in [0.4, 0.5) is 11.6 Å². The zero-order valence-electron chi connectivity index (χ0n) is 12.6. The number of nitrogens with one attached hydrogen (secondary N) is 1. The number of anilines is 2. The smallest absolute Gasteiger partial charge is 0.134 e. The van der Waals surface area contributed by atoms with Crippen molar-refractivity contribution in [3.63, 3.8) is 0 Å². The maximum atomic E-state index is 4.59. The van der Waals surface area contributed by atoms with Crippen LogP contribution in [-0.4, -0.2) is 29.6 Å². The second-order valence-corrected chi connectivity index (χ2v) is 6.13. The number of piperidine rings is 1. The van der Waals surface area contributed by atoms with E-state index in [1.165, 1.54) is 12.8 Å². The Balaban J connectivity index is 2.11. The normalized spacial score (nSPS) is 19.8. The number of aromatic nitrogens is 2. The van der Waals surface area contributed by atoms with Gasteiger partial charge < -0.3 is 10.2 Å². The zero-order valence-corrected chi connectivity index (χ0v) is 12.6. The summed E-state index contributed by atoms with van der Waals surface area (Å²) in [5.41, 5.74) is 0. The van der Waals surface area contributed by atoms with E-state index in [1.807, 2.05) is 6.92 Å². The molecule has 0 aromatic carbocycles. The fourth-order valence-corrected chi connectivity index (χ4v) is 2.51. The van der Waals surface area contributed by atoms with Crippen molar-refractivity contribution in [1.82, 2.24) is 9.97 Å². The monoisotopic (exact) mass is 262 g/mol. The van der Waals surface area contributed by atoms with Gasteiger partial charge in [0.2, 0.25) is 0 Å². The predicted molar refractivity (Wildman–Crippen MR) is 80.7 cm³/mol. The zero-order chi connectivity index (χ0) is 13.8. The second-order valence-electron chi connectivity index (χ2n) is 6.13. The van der Waals surface area contributed by atoms with E-state index in [-0.39, 0.29) is 0 Å². The fourth-order valence-electron chi connectivity index (χ4n) is 2.51. The Kier molecular flexibility index (Phi) is 4.61. The molecule has 4 heteroatoms. The van der Waals surface area contributed by atoms with Crippen molar-refractivity contribution in [3.8, 4) is 0 Å². The lowest BCUT2D eigenvalue weighted by Gasteiger charge is -2.32. The van der Waals surface area contributed by atoms with Crippen molar-refractivity contribution < 1.29 is 0 Å². The van der Waals surface area contributed by atoms with E-state index < -0.39 is 0 Å². The van der Waals surface area contributed by atoms with Gasteiger partial charge in [-0.2, -0.15) is 0 Å². The molecule has 1 aromatic rings. The fraction of sp³-hybridized carbons (Fsp3) is 0.733. The number of nitrogens with zero attached hydrogens (tertiary/aromatic N) is 3. The van der Waals surface area contributed by atoms with Gasteiger partial charge in [-0.1, -0.05) is 20.8 Å². The second kappa shape index (κ2) is 6.22. The maximum absolute atomic E-state index is 4.59. The highest BCUT2D eigenvalue weighted by atomic mass is 15.2. The third-order valence-electron chi connectivity index (χ3n) is 3.50. The number of rotatable bonds is 4. The molecule has 2 heterocycles. The molecule has 1 unspecified atom stereocenters. The molecule has 0 spiro atoms. The Bertz CT molecular complexity index is 417. The largest absolute Gasteiger partial charge is 0.370 e. The summed E-state index contributed by atoms with van der Waals surface area (Å²) < 4.78 is 0. The highest BCUT2D eigenvalue weighted by molar-refractivity contribution is 5.49. The van der Waals surface area contributed by atoms with Crippen LogP contribution in [-0.2, 0) is 0 Å². The van der Waals surface area contributed by atoms with Crippen LogP contribution in [0.1, 0.15) is 39.4 Å². The van der Waals surface area contributed by atoms with Crippen molar-refractivity contribution in [3.05, 3.63) is 11.9 Å². The minimum atomic E-state index is 0.619. The average molecular weight is 262 g/mol. The molecule has 1 aromatic heterocycles. The number of hydrogen-bond donors (Lipinski definition) is 1. The maximum Gasteiger partial charge on any atom is 0.134 e. The number of hydrogen-bond acceptors (Lipinski definition) is 4. The molecule has 1 saturated heterocycles. The van der Waals surface area contributed by atoms with Gasteiger partial charge in [0.05, 0.1) is 0 Å². The Morgan fingerprint density at radius 1 is 1.42 bits per heavy atom. The molecule has 4 nitrogen and oxygen atoms in total. The van der Waals surface area contributed by atoms with E-state index in [2.05, 4.69) is 47.0 Å². The molecule has 19 heavy (non-hydrogen) atoms. The molecule has 1 fully saturated rings. The van der Waals surface area contributed by atoms with E-state index in [0.717, 1.165) is 43.0 Å². The van der Waals surface area contributed by atoms with Crippen LogP contribution in [0.25, 0.3) is 0 Å². The van der Waals surface area contributed by atoms with E-state index >= 15 is 0 Å². The summed E-state index contributed by atoms with van der Waals surface area (Å²) in [7, 11) is 0. The molecule has 0 bridgehead atoms. The van der Waals surface area contributed by atoms with Crippen molar-refractivity contribution in [1.29, 1.82) is 0 Å². The van der Waals surface area contributed by atoms with Crippen LogP contribution in [0, 0.1) is 18.8 Å². The summed E-state index contributed by atoms with van der Waals surface area (Å²) in [4.78, 5) is 11.5. The molecule has 106 valence electrons. The highest BCUT2D eigenvalue weighted by Crippen LogP contribution is 2.23. The molecule has 2 rings (SSSR count). The lowest BCUT2D eigenvalue weighted by molar-refractivity contribution is 0.444. The van der Waals surface area contributed by atoms with Gasteiger partial charge in [-0.05, 0) is 31.6 Å². The van der Waals surface area contributed by atoms with Crippen molar-refractivity contribution in [2.24, 2.45) is 11.8 Å². The average Bonchev–Trinajstić information content (AvgIpc) is 2.36. The topological polar surface area (TPSA) is 41.1 Å². The molecule has 1 aliphatic heterocycles. The molecule has 0 radical (unpaired) electrons. The predicted octanol–water partition coefficient (Wildman–Crippen LogP) is 3.09. The molecular formula is C15H26N4. The minimum absolute atomic E-state index is 0.619. The van der Waals surface area contributed by atoms with Gasteiger partial charge in [0, 0.05) is 25.7 Å². The summed E-state index contributed by atoms with van der Waals surface area (Å²) in [5.74, 6) is 4.26. The molecule has 1 aliphatic rings. The standard InChI is InChI=1S/C15H26N4/c1-11(2)9-16-14-8-15(18-13(4)17-14)19-7-5-6-12(3)10-19/h8,11-12H,5-7,9-10H2,1-4H3,(H,16,17,18). The van der Waals surface area contributed by atoms with Gasteiger partial charge in [0.25, 0.3) is 0 Å². The van der Waals surface area contributed by atoms with Crippen LogP contribution >= 0.6 is 0 Å². The Morgan fingerprint density at radius 2 is 2.21 bits per heavy atom. The lowest BCUT2D eigenvalue weighted by atomic mass is 10.0. The summed E-state index contributed by atoms with van der Waals surface area (Å²) in [5, 5.41) is 3.40. The van der Waals surface area contributed by atoms with Crippen molar-refractivity contribution >= 4 is 11.6 Å². The lowest BCUT2D eigenvalue weighted by Crippen LogP contribution is -2.35. The first-order valence-electron chi connectivity index (χ1n) is 7.39. The van der Waals surface area contributed by atoms with Crippen LogP contribution in [0.5, 0.6) is 0 Å². The summed E-state index contributed by atoms with van der Waals surface area (Å²) >= 11 is 0. The molecule has 1 N–H and O–H groups in total. The van der Waals surface area contributed by atoms with Crippen LogP contribution in [0.2, 0.25) is 0 Å². The van der Waals surface area contributed by atoms with E-state index in [9.17, 15) is 0 Å². The van der Waals surface area contributed by atoms with Gasteiger partial charge in [0.15, 0.2) is 0 Å². The molecular weight excluding hydrogens is 236 g/mol. The third-order valence-corrected chi connectivity index (χ3v) is 3.50. The van der Waals surface area contributed by atoms with Crippen LogP contribution in [0.3, 0.4) is 0 Å². The summed E-state index contributed by atoms with van der Waals surface area (Å²) in [6, 6.07) is 2.09. The first kappa shape index (κ1) is 14.1. The van der Waals surface area contributed by atoms with Crippen molar-refractivity contribution in [2.75, 3.05) is 29.9 Å².